The molecule has 0 radical (unpaired) electrons. The zero-order valence-electron chi connectivity index (χ0n) is 27.8. The lowest BCUT2D eigenvalue weighted by molar-refractivity contribution is -0.131. The number of carbonyl (C=O) groups excluding carboxylic acids is 2. The summed E-state index contributed by atoms with van der Waals surface area (Å²) in [5, 5.41) is 3.91. The van der Waals surface area contributed by atoms with Crippen LogP contribution in [0.4, 0.5) is 9.18 Å². The zero-order valence-corrected chi connectivity index (χ0v) is 27.8. The van der Waals surface area contributed by atoms with Gasteiger partial charge in [0.2, 0.25) is 0 Å². The first-order valence-corrected chi connectivity index (χ1v) is 16.5. The minimum absolute atomic E-state index is 0.106. The number of benzene rings is 4. The van der Waals surface area contributed by atoms with Gasteiger partial charge in [0.05, 0.1) is 18.2 Å². The van der Waals surface area contributed by atoms with Crippen LogP contribution in [-0.2, 0) is 16.8 Å². The second-order valence-corrected chi connectivity index (χ2v) is 12.5. The van der Waals surface area contributed by atoms with Crippen molar-refractivity contribution in [1.82, 2.24) is 15.2 Å². The van der Waals surface area contributed by atoms with Gasteiger partial charge >= 0.3 is 6.03 Å². The molecule has 1 aliphatic heterocycles. The van der Waals surface area contributed by atoms with E-state index in [0.29, 0.717) is 24.3 Å². The van der Waals surface area contributed by atoms with E-state index in [1.165, 1.54) is 22.6 Å². The molecule has 2 heterocycles. The van der Waals surface area contributed by atoms with Crippen LogP contribution < -0.4 is 14.8 Å². The molecule has 0 spiro atoms. The lowest BCUT2D eigenvalue weighted by Crippen LogP contribution is -2.43. The summed E-state index contributed by atoms with van der Waals surface area (Å²) >= 11 is 0. The molecule has 1 saturated heterocycles. The van der Waals surface area contributed by atoms with Gasteiger partial charge < -0.3 is 14.8 Å². The maximum atomic E-state index is 14.9. The number of aryl methyl sites for hydroxylation is 1. The number of aromatic nitrogens is 1. The second-order valence-electron chi connectivity index (χ2n) is 12.5. The van der Waals surface area contributed by atoms with Gasteiger partial charge in [0.1, 0.15) is 11.3 Å². The van der Waals surface area contributed by atoms with Crippen molar-refractivity contribution in [3.8, 4) is 22.6 Å². The Morgan fingerprint density at radius 3 is 2.50 bits per heavy atom. The molecular formula is C40H40FN3O4. The Hall–Kier alpha value is -5.24. The molecule has 1 aromatic heterocycles. The average Bonchev–Trinajstić information content (AvgIpc) is 3.33. The molecule has 1 N–H and O–H groups in total. The van der Waals surface area contributed by atoms with Crippen molar-refractivity contribution >= 4 is 22.8 Å². The molecule has 0 saturated carbocycles. The number of halogens is 1. The van der Waals surface area contributed by atoms with E-state index < -0.39 is 23.3 Å². The average molecular weight is 646 g/mol. The number of pyridine rings is 1. The Balaban J connectivity index is 1.17. The summed E-state index contributed by atoms with van der Waals surface area (Å²) in [6.07, 6.45) is 3.22. The molecule has 7 nitrogen and oxygen atoms in total. The lowest BCUT2D eigenvalue weighted by Gasteiger charge is -2.26. The Morgan fingerprint density at radius 1 is 0.958 bits per heavy atom. The Labute approximate surface area is 280 Å². The molecule has 48 heavy (non-hydrogen) atoms. The number of hydrogen-bond acceptors (Lipinski definition) is 5. The highest BCUT2D eigenvalue weighted by Crippen LogP contribution is 2.36. The van der Waals surface area contributed by atoms with Crippen LogP contribution in [0.25, 0.3) is 22.0 Å². The molecule has 5 aromatic rings. The molecule has 246 valence electrons. The van der Waals surface area contributed by atoms with Gasteiger partial charge in [-0.25, -0.2) is 9.18 Å². The van der Waals surface area contributed by atoms with Crippen LogP contribution in [0.2, 0.25) is 0 Å². The van der Waals surface area contributed by atoms with Crippen LogP contribution in [0.3, 0.4) is 0 Å². The van der Waals surface area contributed by atoms with Crippen LogP contribution >= 0.6 is 0 Å². The van der Waals surface area contributed by atoms with Crippen LogP contribution in [0, 0.1) is 12.7 Å². The first-order valence-electron chi connectivity index (χ1n) is 16.5. The second kappa shape index (κ2) is 13.9. The number of urea groups is 1. The van der Waals surface area contributed by atoms with Gasteiger partial charge in [-0.1, -0.05) is 73.7 Å². The molecule has 0 bridgehead atoms. The highest BCUT2D eigenvalue weighted by Gasteiger charge is 2.51. The number of amides is 3. The number of ether oxygens (including phenoxy) is 2. The molecule has 3 amide bonds. The van der Waals surface area contributed by atoms with Gasteiger partial charge in [0, 0.05) is 18.1 Å². The predicted molar refractivity (Wildman–Crippen MR) is 186 cm³/mol. The maximum absolute atomic E-state index is 14.9. The van der Waals surface area contributed by atoms with Crippen LogP contribution in [0.5, 0.6) is 11.5 Å². The van der Waals surface area contributed by atoms with Gasteiger partial charge in [-0.15, -0.1) is 0 Å². The standard InChI is InChI=1S/C40H40FN3O4/c1-5-40(31-18-19-35(34(41)24-31)48-26(2)3)38(45)44(39(46)43-40)20-11-21-47-32-16-10-15-29(23-32)36-30(22-28-13-7-6-8-14-28)25-42-37-27(4)12-9-17-33(36)37/h6-10,12-19,23-26H,5,11,20-22H2,1-4H3,(H,43,46). The molecule has 6 rings (SSSR count). The fourth-order valence-electron chi connectivity index (χ4n) is 6.44. The van der Waals surface area contributed by atoms with Crippen molar-refractivity contribution in [3.05, 3.63) is 125 Å². The normalized spacial score (nSPS) is 16.1. The van der Waals surface area contributed by atoms with Gasteiger partial charge in [0.25, 0.3) is 5.91 Å². The summed E-state index contributed by atoms with van der Waals surface area (Å²) in [4.78, 5) is 32.7. The van der Waals surface area contributed by atoms with Gasteiger partial charge in [-0.2, -0.15) is 0 Å². The van der Waals surface area contributed by atoms with Crippen molar-refractivity contribution in [2.45, 2.75) is 58.6 Å². The number of hydrogen-bond donors (Lipinski definition) is 1. The first-order chi connectivity index (χ1) is 23.2. The van der Waals surface area contributed by atoms with E-state index in [4.69, 9.17) is 14.5 Å². The van der Waals surface area contributed by atoms with Crippen molar-refractivity contribution in [2.24, 2.45) is 0 Å². The van der Waals surface area contributed by atoms with E-state index in [-0.39, 0.29) is 24.8 Å². The largest absolute Gasteiger partial charge is 0.494 e. The van der Waals surface area contributed by atoms with Crippen molar-refractivity contribution in [1.29, 1.82) is 0 Å². The lowest BCUT2D eigenvalue weighted by atomic mass is 9.87. The first kappa shape index (κ1) is 32.7. The molecule has 1 fully saturated rings. The van der Waals surface area contributed by atoms with Crippen molar-refractivity contribution in [3.63, 3.8) is 0 Å². The van der Waals surface area contributed by atoms with Gasteiger partial charge in [-0.05, 0) is 97.7 Å². The molecule has 1 atom stereocenters. The minimum atomic E-state index is -1.34. The summed E-state index contributed by atoms with van der Waals surface area (Å²) in [7, 11) is 0. The number of nitrogens with one attached hydrogen (secondary N) is 1. The highest BCUT2D eigenvalue weighted by molar-refractivity contribution is 6.07. The third kappa shape index (κ3) is 6.47. The fraction of sp³-hybridized carbons (Fsp3) is 0.275. The molecular weight excluding hydrogens is 605 g/mol. The molecule has 8 heteroatoms. The zero-order chi connectivity index (χ0) is 33.8. The Morgan fingerprint density at radius 2 is 1.75 bits per heavy atom. The third-order valence-corrected chi connectivity index (χ3v) is 8.83. The molecule has 1 unspecified atom stereocenters. The fourth-order valence-corrected chi connectivity index (χ4v) is 6.44. The van der Waals surface area contributed by atoms with E-state index >= 15 is 0 Å². The smallest absolute Gasteiger partial charge is 0.325 e. The quantitative estimate of drug-likeness (QED) is 0.109. The van der Waals surface area contributed by atoms with Crippen molar-refractivity contribution in [2.75, 3.05) is 13.2 Å². The third-order valence-electron chi connectivity index (χ3n) is 8.83. The van der Waals surface area contributed by atoms with Crippen molar-refractivity contribution < 1.29 is 23.5 Å². The summed E-state index contributed by atoms with van der Waals surface area (Å²) in [6, 6.07) is 28.5. The predicted octanol–water partition coefficient (Wildman–Crippen LogP) is 8.35. The Kier molecular flexibility index (Phi) is 9.44. The summed E-state index contributed by atoms with van der Waals surface area (Å²) in [5.74, 6) is -0.184. The number of carbonyl (C=O) groups is 2. The van der Waals surface area contributed by atoms with Crippen LogP contribution in [-0.4, -0.2) is 41.1 Å². The summed E-state index contributed by atoms with van der Waals surface area (Å²) in [6.45, 7) is 7.95. The number of nitrogens with zero attached hydrogens (tertiary/aromatic N) is 2. The Bertz CT molecular complexity index is 1960. The molecule has 0 aliphatic carbocycles. The van der Waals surface area contributed by atoms with E-state index in [9.17, 15) is 14.0 Å². The molecule has 1 aliphatic rings. The van der Waals surface area contributed by atoms with E-state index in [0.717, 1.165) is 39.6 Å². The number of imide groups is 1. The number of para-hydroxylation sites is 1. The van der Waals surface area contributed by atoms with Crippen LogP contribution in [0.1, 0.15) is 55.9 Å². The maximum Gasteiger partial charge on any atom is 0.325 e. The summed E-state index contributed by atoms with van der Waals surface area (Å²) in [5.41, 5.74) is 5.59. The number of rotatable bonds is 12. The van der Waals surface area contributed by atoms with Gasteiger partial charge in [0.15, 0.2) is 11.6 Å². The molecule has 4 aromatic carbocycles. The SMILES string of the molecule is CCC1(c2ccc(OC(C)C)c(F)c2)NC(=O)N(CCCOc2cccc(-c3c(Cc4ccccc4)cnc4c(C)cccc34)c2)C1=O. The number of fused-ring (bicyclic) bond motifs is 1. The monoisotopic (exact) mass is 645 g/mol. The summed E-state index contributed by atoms with van der Waals surface area (Å²) < 4.78 is 26.5. The minimum Gasteiger partial charge on any atom is -0.494 e. The topological polar surface area (TPSA) is 80.8 Å². The van der Waals surface area contributed by atoms with E-state index in [1.807, 2.05) is 56.4 Å². The van der Waals surface area contributed by atoms with E-state index in [2.05, 4.69) is 48.6 Å². The van der Waals surface area contributed by atoms with E-state index in [1.54, 1.807) is 13.0 Å². The van der Waals surface area contributed by atoms with Crippen LogP contribution in [0.15, 0.2) is 97.2 Å². The van der Waals surface area contributed by atoms with Gasteiger partial charge in [-0.3, -0.25) is 14.7 Å². The highest BCUT2D eigenvalue weighted by atomic mass is 19.1.